The number of aliphatic hydroxyl groups excluding tert-OH is 1. The summed E-state index contributed by atoms with van der Waals surface area (Å²) in [6.45, 7) is 12.0. The van der Waals surface area contributed by atoms with Gasteiger partial charge in [-0.25, -0.2) is 0 Å². The number of allylic oxidation sites excluding steroid dienone is 2. The molecule has 8 bridgehead atoms. The largest absolute Gasteiger partial charge is 0.515 e. The third-order valence-electron chi connectivity index (χ3n) is 8.48. The first-order valence-electron chi connectivity index (χ1n) is 13.9. The molecule has 42 heavy (non-hydrogen) atoms. The molecule has 3 aromatic rings. The smallest absolute Gasteiger partial charge is 0.303 e. The molecule has 0 aromatic carbocycles. The second kappa shape index (κ2) is 11.2. The second-order valence-electron chi connectivity index (χ2n) is 11.0. The predicted octanol–water partition coefficient (Wildman–Crippen LogP) is 2.40. The van der Waals surface area contributed by atoms with Crippen molar-refractivity contribution in [1.29, 1.82) is 0 Å². The molecule has 0 amide bonds. The van der Waals surface area contributed by atoms with Gasteiger partial charge in [-0.1, -0.05) is 6.08 Å². The predicted molar refractivity (Wildman–Crippen MR) is 163 cm³/mol. The third-order valence-corrected chi connectivity index (χ3v) is 8.48. The lowest BCUT2D eigenvalue weighted by Gasteiger charge is -2.08. The number of fused-ring (bicyclic) bond motifs is 8. The highest BCUT2D eigenvalue weighted by Crippen LogP contribution is 2.33. The van der Waals surface area contributed by atoms with Crippen molar-refractivity contribution < 1.29 is 24.9 Å². The molecule has 2 aliphatic rings. The van der Waals surface area contributed by atoms with E-state index in [0.717, 1.165) is 84.2 Å². The van der Waals surface area contributed by atoms with Crippen molar-refractivity contribution in [3.63, 3.8) is 0 Å². The van der Waals surface area contributed by atoms with Gasteiger partial charge in [0.1, 0.15) is 0 Å². The van der Waals surface area contributed by atoms with Crippen LogP contribution in [0.15, 0.2) is 29.6 Å². The number of aromatic amines is 3. The minimum absolute atomic E-state index is 0.0179. The van der Waals surface area contributed by atoms with E-state index in [9.17, 15) is 24.9 Å². The van der Waals surface area contributed by atoms with Gasteiger partial charge in [0.25, 0.3) is 0 Å². The zero-order valence-corrected chi connectivity index (χ0v) is 24.2. The highest BCUT2D eigenvalue weighted by Gasteiger charge is 2.25. The number of carboxylic acids is 2. The molecule has 7 N–H and O–H groups in total. The van der Waals surface area contributed by atoms with Gasteiger partial charge in [-0.05, 0) is 98.2 Å². The molecule has 0 aliphatic carbocycles. The first-order valence-corrected chi connectivity index (χ1v) is 13.9. The van der Waals surface area contributed by atoms with Gasteiger partial charge >= 0.3 is 11.9 Å². The van der Waals surface area contributed by atoms with Crippen molar-refractivity contribution in [2.24, 2.45) is 5.92 Å². The maximum Gasteiger partial charge on any atom is 0.303 e. The monoisotopic (exact) mass is 568 g/mol. The Bertz CT molecular complexity index is 1940. The summed E-state index contributed by atoms with van der Waals surface area (Å²) in [5, 5.41) is 35.6. The number of H-pyrrole nitrogens is 3. The second-order valence-corrected chi connectivity index (χ2v) is 11.0. The number of aliphatic carboxylic acids is 2. The summed E-state index contributed by atoms with van der Waals surface area (Å²) in [6.07, 6.45) is 11.6. The molecule has 9 nitrogen and oxygen atoms in total. The molecule has 9 heteroatoms. The number of carboxylic acid groups (broad SMARTS) is 2. The number of aliphatic hydroxyl groups is 1. The fourth-order valence-electron chi connectivity index (χ4n) is 5.98. The van der Waals surface area contributed by atoms with E-state index in [0.29, 0.717) is 18.1 Å². The maximum atomic E-state index is 11.5. The van der Waals surface area contributed by atoms with Gasteiger partial charge in [-0.2, -0.15) is 0 Å². The molecule has 0 fully saturated rings. The SMILES string of the molecule is C=CC1C2=Cc3[nH]c(c(CCC(=O)O)c3C)/C=c3\[nH]/c(c(C)c3CCC(=O)O)=C\c3[nH]c(/c(=C\O)c3C)=C\C(=C1C)N2. The zero-order valence-electron chi connectivity index (χ0n) is 24.2. The van der Waals surface area contributed by atoms with Crippen LogP contribution < -0.4 is 26.6 Å². The molecule has 0 radical (unpaired) electrons. The van der Waals surface area contributed by atoms with Crippen LogP contribution in [0, 0.1) is 26.7 Å². The number of hydrogen-bond acceptors (Lipinski definition) is 4. The zero-order chi connectivity index (χ0) is 30.3. The van der Waals surface area contributed by atoms with Gasteiger partial charge < -0.3 is 35.6 Å². The quantitative estimate of drug-likeness (QED) is 0.217. The van der Waals surface area contributed by atoms with Gasteiger partial charge in [-0.15, -0.1) is 6.58 Å². The first kappa shape index (κ1) is 28.6. The van der Waals surface area contributed by atoms with E-state index in [-0.39, 0.29) is 18.8 Å². The van der Waals surface area contributed by atoms with Gasteiger partial charge in [0.05, 0.1) is 11.6 Å². The van der Waals surface area contributed by atoms with Crippen LogP contribution in [0.2, 0.25) is 0 Å². The molecule has 5 heterocycles. The van der Waals surface area contributed by atoms with Crippen LogP contribution in [-0.2, 0) is 22.4 Å². The van der Waals surface area contributed by atoms with Crippen LogP contribution in [0.1, 0.15) is 64.7 Å². The normalized spacial score (nSPS) is 18.8. The minimum atomic E-state index is -0.885. The summed E-state index contributed by atoms with van der Waals surface area (Å²) in [5.41, 5.74) is 9.84. The molecular formula is C33H36N4O5. The Morgan fingerprint density at radius 3 is 2.07 bits per heavy atom. The number of aromatic nitrogens is 3. The molecule has 3 aromatic heterocycles. The van der Waals surface area contributed by atoms with Crippen molar-refractivity contribution >= 4 is 42.5 Å². The van der Waals surface area contributed by atoms with E-state index >= 15 is 0 Å². The van der Waals surface area contributed by atoms with Crippen molar-refractivity contribution in [3.05, 3.63) is 95.8 Å². The summed E-state index contributed by atoms with van der Waals surface area (Å²) in [7, 11) is 0. The summed E-state index contributed by atoms with van der Waals surface area (Å²) >= 11 is 0. The lowest BCUT2D eigenvalue weighted by molar-refractivity contribution is -0.138. The van der Waals surface area contributed by atoms with Crippen molar-refractivity contribution in [1.82, 2.24) is 20.3 Å². The van der Waals surface area contributed by atoms with E-state index < -0.39 is 11.9 Å². The van der Waals surface area contributed by atoms with E-state index in [4.69, 9.17) is 0 Å². The van der Waals surface area contributed by atoms with Crippen LogP contribution in [0.4, 0.5) is 0 Å². The van der Waals surface area contributed by atoms with Gasteiger partial charge in [0.15, 0.2) is 0 Å². The Morgan fingerprint density at radius 1 is 0.786 bits per heavy atom. The Hall–Kier alpha value is -4.92. The van der Waals surface area contributed by atoms with Crippen molar-refractivity contribution in [2.75, 3.05) is 0 Å². The van der Waals surface area contributed by atoms with E-state index in [1.165, 1.54) is 0 Å². The Kier molecular flexibility index (Phi) is 7.60. The Balaban J connectivity index is 1.88. The molecule has 218 valence electrons. The Morgan fingerprint density at radius 2 is 1.43 bits per heavy atom. The Labute approximate surface area is 242 Å². The van der Waals surface area contributed by atoms with Crippen LogP contribution in [0.5, 0.6) is 0 Å². The standard InChI is InChI=1S/C33H36N4O5/c1-6-20-16(2)26-13-31-23(15-38)19(5)25(37-31)11-24-17(3)21(7-9-32(39)40)29(35-24)14-30-22(8-10-33(41)42)18(4)27(36-30)12-28(20)34-26/h6,11-15,20,34-38H,1,7-10H2,2-5H3,(H,39,40)(H,41,42)/b23-15-,24-11-,28-12?,29-14-,31-13-. The lowest BCUT2D eigenvalue weighted by Crippen LogP contribution is -2.25. The molecule has 0 spiro atoms. The highest BCUT2D eigenvalue weighted by molar-refractivity contribution is 5.71. The van der Waals surface area contributed by atoms with E-state index in [1.54, 1.807) is 0 Å². The maximum absolute atomic E-state index is 11.5. The average molecular weight is 569 g/mol. The van der Waals surface area contributed by atoms with Gasteiger partial charge in [0, 0.05) is 63.2 Å². The van der Waals surface area contributed by atoms with Crippen molar-refractivity contribution in [3.8, 4) is 0 Å². The topological polar surface area (TPSA) is 154 Å². The highest BCUT2D eigenvalue weighted by atomic mass is 16.4. The summed E-state index contributed by atoms with van der Waals surface area (Å²) in [4.78, 5) is 33.5. The van der Waals surface area contributed by atoms with Crippen LogP contribution in [-0.4, -0.2) is 42.2 Å². The van der Waals surface area contributed by atoms with E-state index in [2.05, 4.69) is 26.8 Å². The summed E-state index contributed by atoms with van der Waals surface area (Å²) in [6, 6.07) is 0. The number of carbonyl (C=O) groups is 2. The number of hydrogen-bond donors (Lipinski definition) is 7. The molecule has 0 saturated heterocycles. The third kappa shape index (κ3) is 5.13. The molecule has 2 aliphatic heterocycles. The van der Waals surface area contributed by atoms with Crippen LogP contribution >= 0.6 is 0 Å². The fraction of sp³-hybridized carbons (Fsp3) is 0.273. The summed E-state index contributed by atoms with van der Waals surface area (Å²) < 4.78 is 0. The van der Waals surface area contributed by atoms with Crippen LogP contribution in [0.25, 0.3) is 30.6 Å². The van der Waals surface area contributed by atoms with Crippen molar-refractivity contribution in [2.45, 2.75) is 53.4 Å². The first-order chi connectivity index (χ1) is 20.0. The molecule has 0 saturated carbocycles. The fourth-order valence-corrected chi connectivity index (χ4v) is 5.98. The molecule has 1 unspecified atom stereocenters. The number of nitrogens with one attached hydrogen (secondary N) is 4. The summed E-state index contributed by atoms with van der Waals surface area (Å²) in [5.74, 6) is -1.83. The van der Waals surface area contributed by atoms with Gasteiger partial charge in [0.2, 0.25) is 0 Å². The van der Waals surface area contributed by atoms with Crippen LogP contribution in [0.3, 0.4) is 0 Å². The average Bonchev–Trinajstić information content (AvgIpc) is 3.59. The molecular weight excluding hydrogens is 532 g/mol. The van der Waals surface area contributed by atoms with Gasteiger partial charge in [-0.3, -0.25) is 9.59 Å². The minimum Gasteiger partial charge on any atom is -0.515 e. The molecule has 1 atom stereocenters. The van der Waals surface area contributed by atoms with E-state index in [1.807, 2.05) is 58.1 Å². The molecule has 5 rings (SSSR count). The lowest BCUT2D eigenvalue weighted by atomic mass is 9.97. The number of rotatable bonds is 7.